The lowest BCUT2D eigenvalue weighted by Gasteiger charge is -2.09. The van der Waals surface area contributed by atoms with Crippen LogP contribution in [0.3, 0.4) is 0 Å². The van der Waals surface area contributed by atoms with Gasteiger partial charge in [0.2, 0.25) is 5.28 Å². The molecule has 3 aromatic rings. The monoisotopic (exact) mass is 393 g/mol. The Morgan fingerprint density at radius 2 is 2.04 bits per heavy atom. The van der Waals surface area contributed by atoms with Crippen LogP contribution in [-0.4, -0.2) is 34.2 Å². The van der Waals surface area contributed by atoms with Crippen molar-refractivity contribution in [1.29, 1.82) is 0 Å². The molecule has 0 spiro atoms. The van der Waals surface area contributed by atoms with Gasteiger partial charge < -0.3 is 14.4 Å². The number of ether oxygens (including phenoxy) is 1. The minimum Gasteiger partial charge on any atom is -0.504 e. The lowest BCUT2D eigenvalue weighted by atomic mass is 10.3. The summed E-state index contributed by atoms with van der Waals surface area (Å²) in [7, 11) is -4.29. The lowest BCUT2D eigenvalue weighted by Crippen LogP contribution is -2.14. The van der Waals surface area contributed by atoms with Gasteiger partial charge in [-0.25, -0.2) is 17.4 Å². The molecular formula is C13H10ClF2N3O5S. The SMILES string of the molecule is Cc1noc(C)c1S(=O)(=O)n1c(Cl)nc2cc(O)c(OC(F)F)cc21. The van der Waals surface area contributed by atoms with Gasteiger partial charge in [-0.3, -0.25) is 0 Å². The third-order valence-electron chi connectivity index (χ3n) is 3.34. The fourth-order valence-corrected chi connectivity index (χ4v) is 4.49. The molecule has 0 aliphatic rings. The van der Waals surface area contributed by atoms with Crippen molar-refractivity contribution in [1.82, 2.24) is 14.1 Å². The van der Waals surface area contributed by atoms with Crippen LogP contribution in [0, 0.1) is 13.8 Å². The molecule has 1 aromatic carbocycles. The second-order valence-corrected chi connectivity index (χ2v) is 7.05. The molecular weight excluding hydrogens is 384 g/mol. The molecule has 3 rings (SSSR count). The number of aromatic hydroxyl groups is 1. The number of halogens is 3. The Hall–Kier alpha value is -2.40. The Morgan fingerprint density at radius 1 is 1.36 bits per heavy atom. The van der Waals surface area contributed by atoms with E-state index >= 15 is 0 Å². The van der Waals surface area contributed by atoms with Crippen molar-refractivity contribution in [3.05, 3.63) is 28.9 Å². The van der Waals surface area contributed by atoms with Gasteiger partial charge in [-0.2, -0.15) is 8.78 Å². The van der Waals surface area contributed by atoms with Crippen molar-refractivity contribution in [2.45, 2.75) is 25.4 Å². The molecule has 0 aliphatic carbocycles. The Kier molecular flexibility index (Phi) is 4.07. The first kappa shape index (κ1) is 17.4. The van der Waals surface area contributed by atoms with E-state index in [1.807, 2.05) is 0 Å². The minimum atomic E-state index is -4.29. The first-order valence-corrected chi connectivity index (χ1v) is 8.49. The first-order valence-electron chi connectivity index (χ1n) is 6.67. The quantitative estimate of drug-likeness (QED) is 0.726. The number of phenolic OH excluding ortho intramolecular Hbond substituents is 1. The zero-order valence-electron chi connectivity index (χ0n) is 12.7. The molecule has 134 valence electrons. The predicted molar refractivity (Wildman–Crippen MR) is 81.6 cm³/mol. The van der Waals surface area contributed by atoms with Gasteiger partial charge in [-0.05, 0) is 25.4 Å². The van der Waals surface area contributed by atoms with Crippen LogP contribution in [0.5, 0.6) is 11.5 Å². The molecule has 0 saturated carbocycles. The van der Waals surface area contributed by atoms with Crippen LogP contribution in [0.25, 0.3) is 11.0 Å². The van der Waals surface area contributed by atoms with E-state index in [1.165, 1.54) is 13.8 Å². The zero-order chi connectivity index (χ0) is 18.5. The third-order valence-corrected chi connectivity index (χ3v) is 5.64. The normalized spacial score (nSPS) is 12.2. The van der Waals surface area contributed by atoms with Gasteiger partial charge in [0.05, 0.1) is 11.0 Å². The molecule has 25 heavy (non-hydrogen) atoms. The Morgan fingerprint density at radius 3 is 2.60 bits per heavy atom. The summed E-state index contributed by atoms with van der Waals surface area (Å²) in [5.41, 5.74) is -0.0869. The van der Waals surface area contributed by atoms with Crippen molar-refractivity contribution in [3.8, 4) is 11.5 Å². The van der Waals surface area contributed by atoms with E-state index in [-0.39, 0.29) is 27.4 Å². The van der Waals surface area contributed by atoms with Gasteiger partial charge in [0.25, 0.3) is 10.0 Å². The van der Waals surface area contributed by atoms with E-state index in [0.29, 0.717) is 3.97 Å². The summed E-state index contributed by atoms with van der Waals surface area (Å²) in [5, 5.41) is 12.8. The van der Waals surface area contributed by atoms with Crippen LogP contribution in [0.1, 0.15) is 11.5 Å². The molecule has 12 heteroatoms. The minimum absolute atomic E-state index is 0.0262. The number of benzene rings is 1. The van der Waals surface area contributed by atoms with Gasteiger partial charge in [-0.1, -0.05) is 5.16 Å². The molecule has 0 bridgehead atoms. The lowest BCUT2D eigenvalue weighted by molar-refractivity contribution is -0.0511. The molecule has 2 aromatic heterocycles. The molecule has 0 unspecified atom stereocenters. The number of rotatable bonds is 4. The number of aryl methyl sites for hydroxylation is 2. The number of phenols is 1. The maximum Gasteiger partial charge on any atom is 0.387 e. The van der Waals surface area contributed by atoms with Crippen LogP contribution in [0.4, 0.5) is 8.78 Å². The summed E-state index contributed by atoms with van der Waals surface area (Å²) in [4.78, 5) is 3.60. The van der Waals surface area contributed by atoms with E-state index < -0.39 is 33.4 Å². The third kappa shape index (κ3) is 2.78. The first-order chi connectivity index (χ1) is 11.6. The number of nitrogens with zero attached hydrogens (tertiary/aromatic N) is 3. The molecule has 2 heterocycles. The predicted octanol–water partition coefficient (Wildman–Crippen LogP) is 2.84. The summed E-state index contributed by atoms with van der Waals surface area (Å²) in [6, 6.07) is 1.88. The van der Waals surface area contributed by atoms with E-state index in [4.69, 9.17) is 16.1 Å². The number of hydrogen-bond donors (Lipinski definition) is 1. The van der Waals surface area contributed by atoms with E-state index in [9.17, 15) is 22.3 Å². The fourth-order valence-electron chi connectivity index (χ4n) is 2.40. The number of hydrogen-bond acceptors (Lipinski definition) is 7. The van der Waals surface area contributed by atoms with E-state index in [1.54, 1.807) is 0 Å². The number of imidazole rings is 1. The second-order valence-electron chi connectivity index (χ2n) is 4.99. The van der Waals surface area contributed by atoms with Crippen molar-refractivity contribution in [2.75, 3.05) is 0 Å². The van der Waals surface area contributed by atoms with Crippen molar-refractivity contribution < 1.29 is 31.6 Å². The van der Waals surface area contributed by atoms with Crippen LogP contribution in [-0.2, 0) is 10.0 Å². The number of alkyl halides is 2. The van der Waals surface area contributed by atoms with Crippen LogP contribution in [0.15, 0.2) is 21.6 Å². The smallest absolute Gasteiger partial charge is 0.387 e. The molecule has 0 fully saturated rings. The average molecular weight is 394 g/mol. The van der Waals surface area contributed by atoms with Gasteiger partial charge >= 0.3 is 6.61 Å². The summed E-state index contributed by atoms with van der Waals surface area (Å²) >= 11 is 5.94. The highest BCUT2D eigenvalue weighted by Crippen LogP contribution is 2.36. The van der Waals surface area contributed by atoms with Crippen LogP contribution in [0.2, 0.25) is 5.28 Å². The maximum absolute atomic E-state index is 12.9. The summed E-state index contributed by atoms with van der Waals surface area (Å²) in [5.74, 6) is -1.23. The molecule has 0 amide bonds. The molecule has 0 radical (unpaired) electrons. The summed E-state index contributed by atoms with van der Waals surface area (Å²) in [6.07, 6.45) is 0. The maximum atomic E-state index is 12.9. The Balaban J connectivity index is 2.31. The van der Waals surface area contributed by atoms with E-state index in [2.05, 4.69) is 14.9 Å². The molecule has 0 saturated heterocycles. The fraction of sp³-hybridized carbons (Fsp3) is 0.231. The van der Waals surface area contributed by atoms with Gasteiger partial charge in [0.1, 0.15) is 5.69 Å². The van der Waals surface area contributed by atoms with Gasteiger partial charge in [-0.15, -0.1) is 0 Å². The highest BCUT2D eigenvalue weighted by Gasteiger charge is 2.30. The molecule has 0 atom stereocenters. The van der Waals surface area contributed by atoms with Crippen LogP contribution < -0.4 is 4.74 Å². The highest BCUT2D eigenvalue weighted by molar-refractivity contribution is 7.90. The van der Waals surface area contributed by atoms with E-state index in [0.717, 1.165) is 12.1 Å². The van der Waals surface area contributed by atoms with Gasteiger partial charge in [0.15, 0.2) is 22.2 Å². The Bertz CT molecular complexity index is 1060. The molecule has 1 N–H and O–H groups in total. The topological polar surface area (TPSA) is 107 Å². The van der Waals surface area contributed by atoms with Crippen LogP contribution >= 0.6 is 11.6 Å². The Labute approximate surface area is 144 Å². The van der Waals surface area contributed by atoms with Crippen molar-refractivity contribution >= 4 is 32.7 Å². The largest absolute Gasteiger partial charge is 0.504 e. The molecule has 0 aliphatic heterocycles. The van der Waals surface area contributed by atoms with Gasteiger partial charge in [0, 0.05) is 12.1 Å². The van der Waals surface area contributed by atoms with Crippen molar-refractivity contribution in [3.63, 3.8) is 0 Å². The standard InChI is InChI=1S/C13H10ClF2N3O5S/c1-5-11(6(2)24-18-5)25(21,22)19-8-4-10(23-13(15)16)9(20)3-7(8)17-12(19)14/h3-4,13,20H,1-2H3. The second kappa shape index (κ2) is 5.85. The number of fused-ring (bicyclic) bond motifs is 1. The van der Waals surface area contributed by atoms with Crippen molar-refractivity contribution in [2.24, 2.45) is 0 Å². The zero-order valence-corrected chi connectivity index (χ0v) is 14.3. The number of aromatic nitrogens is 3. The molecule has 8 nitrogen and oxygen atoms in total. The average Bonchev–Trinajstić information content (AvgIpc) is 2.98. The summed E-state index contributed by atoms with van der Waals surface area (Å²) < 4.78 is 60.4. The summed E-state index contributed by atoms with van der Waals surface area (Å²) in [6.45, 7) is -0.390. The highest BCUT2D eigenvalue weighted by atomic mass is 35.5.